The maximum absolute atomic E-state index is 11.7. The number of rotatable bonds is 3. The van der Waals surface area contributed by atoms with Gasteiger partial charge in [0.25, 0.3) is 0 Å². The Morgan fingerprint density at radius 2 is 2.36 bits per heavy atom. The number of hydrogen-bond acceptors (Lipinski definition) is 3. The van der Waals surface area contributed by atoms with Crippen molar-refractivity contribution >= 4 is 5.91 Å². The molecule has 0 aromatic carbocycles. The first-order valence-corrected chi connectivity index (χ1v) is 5.16. The van der Waals surface area contributed by atoms with Crippen molar-refractivity contribution in [3.05, 3.63) is 0 Å². The Kier molecular flexibility index (Phi) is 4.35. The van der Waals surface area contributed by atoms with Crippen LogP contribution in [0, 0.1) is 5.92 Å². The Morgan fingerprint density at radius 3 is 2.93 bits per heavy atom. The van der Waals surface area contributed by atoms with Crippen LogP contribution < -0.4 is 0 Å². The van der Waals surface area contributed by atoms with E-state index in [4.69, 9.17) is 9.84 Å². The number of aliphatic hydroxyl groups excluding tert-OH is 1. The van der Waals surface area contributed by atoms with Crippen LogP contribution in [0.4, 0.5) is 0 Å². The van der Waals surface area contributed by atoms with Crippen LogP contribution in [0.25, 0.3) is 0 Å². The number of ether oxygens (including phenoxy) is 1. The molecule has 1 unspecified atom stereocenters. The van der Waals surface area contributed by atoms with E-state index in [0.717, 1.165) is 0 Å². The molecule has 4 nitrogen and oxygen atoms in total. The normalized spacial score (nSPS) is 22.9. The van der Waals surface area contributed by atoms with Crippen molar-refractivity contribution in [2.75, 3.05) is 26.3 Å². The van der Waals surface area contributed by atoms with E-state index < -0.39 is 0 Å². The van der Waals surface area contributed by atoms with Gasteiger partial charge in [-0.25, -0.2) is 0 Å². The number of carbonyl (C=O) groups excluding carboxylic acids is 1. The van der Waals surface area contributed by atoms with Crippen LogP contribution in [0.15, 0.2) is 0 Å². The number of aliphatic hydroxyl groups is 1. The number of carbonyl (C=O) groups is 1. The number of morpholine rings is 1. The van der Waals surface area contributed by atoms with Crippen LogP contribution in [0.3, 0.4) is 0 Å². The molecule has 1 amide bonds. The second kappa shape index (κ2) is 5.32. The predicted molar refractivity (Wildman–Crippen MR) is 52.9 cm³/mol. The molecule has 1 aliphatic heterocycles. The predicted octanol–water partition coefficient (Wildman–Crippen LogP) is 0.252. The molecular formula is C10H19NO3. The average Bonchev–Trinajstić information content (AvgIpc) is 2.17. The van der Waals surface area contributed by atoms with Gasteiger partial charge in [0, 0.05) is 25.6 Å². The molecule has 0 bridgehead atoms. The third-order valence-electron chi connectivity index (χ3n) is 2.40. The van der Waals surface area contributed by atoms with Crippen LogP contribution in [0.1, 0.15) is 20.3 Å². The summed E-state index contributed by atoms with van der Waals surface area (Å²) < 4.78 is 5.42. The zero-order valence-corrected chi connectivity index (χ0v) is 8.90. The SMILES string of the molecule is CC(C)C(=O)N1CCOC(CCO)C1. The van der Waals surface area contributed by atoms with Crippen molar-refractivity contribution in [2.45, 2.75) is 26.4 Å². The molecule has 1 N–H and O–H groups in total. The zero-order valence-electron chi connectivity index (χ0n) is 8.90. The third-order valence-corrected chi connectivity index (χ3v) is 2.40. The second-order valence-corrected chi connectivity index (χ2v) is 3.94. The number of nitrogens with zero attached hydrogens (tertiary/aromatic N) is 1. The standard InChI is InChI=1S/C10H19NO3/c1-8(2)10(13)11-4-6-14-9(7-11)3-5-12/h8-9,12H,3-7H2,1-2H3. The molecule has 82 valence electrons. The summed E-state index contributed by atoms with van der Waals surface area (Å²) in [4.78, 5) is 13.5. The fourth-order valence-electron chi connectivity index (χ4n) is 1.60. The zero-order chi connectivity index (χ0) is 10.6. The summed E-state index contributed by atoms with van der Waals surface area (Å²) in [5.74, 6) is 0.221. The van der Waals surface area contributed by atoms with Crippen LogP contribution in [0.5, 0.6) is 0 Å². The number of hydrogen-bond donors (Lipinski definition) is 1. The molecule has 0 radical (unpaired) electrons. The summed E-state index contributed by atoms with van der Waals surface area (Å²) in [6.07, 6.45) is 0.624. The molecule has 0 aromatic heterocycles. The minimum Gasteiger partial charge on any atom is -0.396 e. The van der Waals surface area contributed by atoms with E-state index in [1.807, 2.05) is 18.7 Å². The molecule has 1 saturated heterocycles. The lowest BCUT2D eigenvalue weighted by molar-refractivity contribution is -0.142. The molecule has 0 saturated carbocycles. The quantitative estimate of drug-likeness (QED) is 0.712. The van der Waals surface area contributed by atoms with E-state index in [-0.39, 0.29) is 24.5 Å². The highest BCUT2D eigenvalue weighted by Crippen LogP contribution is 2.11. The molecular weight excluding hydrogens is 182 g/mol. The molecule has 0 aromatic rings. The molecule has 0 spiro atoms. The summed E-state index contributed by atoms with van der Waals surface area (Å²) in [7, 11) is 0. The summed E-state index contributed by atoms with van der Waals surface area (Å²) >= 11 is 0. The molecule has 1 heterocycles. The smallest absolute Gasteiger partial charge is 0.225 e. The van der Waals surface area contributed by atoms with Gasteiger partial charge in [0.2, 0.25) is 5.91 Å². The Hall–Kier alpha value is -0.610. The fourth-order valence-corrected chi connectivity index (χ4v) is 1.60. The summed E-state index contributed by atoms with van der Waals surface area (Å²) in [6.45, 7) is 5.81. The van der Waals surface area contributed by atoms with Crippen molar-refractivity contribution in [3.8, 4) is 0 Å². The topological polar surface area (TPSA) is 49.8 Å². The summed E-state index contributed by atoms with van der Waals surface area (Å²) in [6, 6.07) is 0. The van der Waals surface area contributed by atoms with Crippen molar-refractivity contribution in [1.29, 1.82) is 0 Å². The van der Waals surface area contributed by atoms with E-state index in [9.17, 15) is 4.79 Å². The van der Waals surface area contributed by atoms with Crippen molar-refractivity contribution < 1.29 is 14.6 Å². The van der Waals surface area contributed by atoms with Gasteiger partial charge in [-0.15, -0.1) is 0 Å². The Bertz CT molecular complexity index is 192. The van der Waals surface area contributed by atoms with Gasteiger partial charge in [0.15, 0.2) is 0 Å². The lowest BCUT2D eigenvalue weighted by Gasteiger charge is -2.33. The van der Waals surface area contributed by atoms with Gasteiger partial charge in [0.05, 0.1) is 12.7 Å². The molecule has 0 aliphatic carbocycles. The van der Waals surface area contributed by atoms with E-state index in [1.165, 1.54) is 0 Å². The first kappa shape index (κ1) is 11.5. The largest absolute Gasteiger partial charge is 0.396 e. The fraction of sp³-hybridized carbons (Fsp3) is 0.900. The number of amides is 1. The minimum absolute atomic E-state index is 0.0106. The summed E-state index contributed by atoms with van der Waals surface area (Å²) in [5, 5.41) is 8.77. The monoisotopic (exact) mass is 201 g/mol. The lowest BCUT2D eigenvalue weighted by atomic mass is 10.1. The lowest BCUT2D eigenvalue weighted by Crippen LogP contribution is -2.47. The van der Waals surface area contributed by atoms with Crippen LogP contribution in [0.2, 0.25) is 0 Å². The van der Waals surface area contributed by atoms with E-state index in [0.29, 0.717) is 26.1 Å². The van der Waals surface area contributed by atoms with Crippen LogP contribution in [-0.2, 0) is 9.53 Å². The van der Waals surface area contributed by atoms with Crippen LogP contribution >= 0.6 is 0 Å². The van der Waals surface area contributed by atoms with Gasteiger partial charge in [-0.2, -0.15) is 0 Å². The van der Waals surface area contributed by atoms with Gasteiger partial charge in [-0.05, 0) is 6.42 Å². The van der Waals surface area contributed by atoms with Gasteiger partial charge < -0.3 is 14.7 Å². The van der Waals surface area contributed by atoms with E-state index in [2.05, 4.69) is 0 Å². The van der Waals surface area contributed by atoms with Gasteiger partial charge >= 0.3 is 0 Å². The highest BCUT2D eigenvalue weighted by molar-refractivity contribution is 5.78. The van der Waals surface area contributed by atoms with E-state index in [1.54, 1.807) is 0 Å². The molecule has 1 aliphatic rings. The van der Waals surface area contributed by atoms with Crippen molar-refractivity contribution in [1.82, 2.24) is 4.90 Å². The summed E-state index contributed by atoms with van der Waals surface area (Å²) in [5.41, 5.74) is 0. The maximum atomic E-state index is 11.7. The maximum Gasteiger partial charge on any atom is 0.225 e. The van der Waals surface area contributed by atoms with Crippen molar-refractivity contribution in [2.24, 2.45) is 5.92 Å². The molecule has 14 heavy (non-hydrogen) atoms. The molecule has 1 atom stereocenters. The van der Waals surface area contributed by atoms with Gasteiger partial charge in [0.1, 0.15) is 0 Å². The molecule has 1 rings (SSSR count). The van der Waals surface area contributed by atoms with E-state index >= 15 is 0 Å². The molecule has 4 heteroatoms. The Morgan fingerprint density at radius 1 is 1.64 bits per heavy atom. The Balaban J connectivity index is 2.43. The Labute approximate surface area is 84.8 Å². The van der Waals surface area contributed by atoms with Crippen LogP contribution in [-0.4, -0.2) is 48.3 Å². The van der Waals surface area contributed by atoms with Gasteiger partial charge in [-0.3, -0.25) is 4.79 Å². The highest BCUT2D eigenvalue weighted by atomic mass is 16.5. The second-order valence-electron chi connectivity index (χ2n) is 3.94. The highest BCUT2D eigenvalue weighted by Gasteiger charge is 2.24. The average molecular weight is 201 g/mol. The first-order valence-electron chi connectivity index (χ1n) is 5.16. The minimum atomic E-state index is 0.0106. The van der Waals surface area contributed by atoms with Crippen molar-refractivity contribution in [3.63, 3.8) is 0 Å². The van der Waals surface area contributed by atoms with Gasteiger partial charge in [-0.1, -0.05) is 13.8 Å². The third kappa shape index (κ3) is 2.96. The first-order chi connectivity index (χ1) is 6.65. The molecule has 1 fully saturated rings.